The number of pyridine rings is 1. The molecule has 0 atom stereocenters. The molecule has 3 aromatic carbocycles. The van der Waals surface area contributed by atoms with Crippen LogP contribution in [-0.4, -0.2) is 10.8 Å². The number of thiophene rings is 1. The molecule has 0 aliphatic rings. The van der Waals surface area contributed by atoms with Crippen molar-refractivity contribution in [1.29, 1.82) is 0 Å². The highest BCUT2D eigenvalue weighted by Gasteiger charge is 2.19. The molecule has 0 bridgehead atoms. The second-order valence-corrected chi connectivity index (χ2v) is 8.23. The predicted octanol–water partition coefficient (Wildman–Crippen LogP) is 6.58. The maximum atomic E-state index is 13.2. The van der Waals surface area contributed by atoms with Crippen molar-refractivity contribution >= 4 is 55.4 Å². The Balaban J connectivity index is 1.58. The van der Waals surface area contributed by atoms with Crippen LogP contribution in [0.4, 0.5) is 5.69 Å². The van der Waals surface area contributed by atoms with Crippen LogP contribution in [0.1, 0.15) is 15.2 Å². The lowest BCUT2D eigenvalue weighted by atomic mass is 10.0. The molecule has 5 heteroatoms. The minimum atomic E-state index is -0.0794. The van der Waals surface area contributed by atoms with Gasteiger partial charge in [0, 0.05) is 21.5 Å². The summed E-state index contributed by atoms with van der Waals surface area (Å²) in [5.74, 6) is -0.0794. The van der Waals surface area contributed by atoms with E-state index >= 15 is 0 Å². The van der Waals surface area contributed by atoms with Gasteiger partial charge in [-0.15, -0.1) is 11.3 Å². The highest BCUT2D eigenvalue weighted by atomic mass is 35.5. The van der Waals surface area contributed by atoms with Crippen molar-refractivity contribution in [2.75, 3.05) is 5.73 Å². The number of halogens is 1. The molecular weight excluding hydrogens is 400 g/mol. The third-order valence-corrected chi connectivity index (χ3v) is 6.32. The number of ketones is 1. The van der Waals surface area contributed by atoms with Crippen LogP contribution in [-0.2, 0) is 0 Å². The standard InChI is InChI=1S/C24H15ClN2OS/c25-18-9-7-15(8-10-18)20-12-11-19-21(26)23(29-24(19)27-20)22(28)17-6-5-14-3-1-2-4-16(14)13-17/h1-13H,26H2. The number of carbonyl (C=O) groups excluding carboxylic acids is 1. The second-order valence-electron chi connectivity index (χ2n) is 6.79. The smallest absolute Gasteiger partial charge is 0.205 e. The van der Waals surface area contributed by atoms with Gasteiger partial charge in [-0.2, -0.15) is 0 Å². The molecule has 140 valence electrons. The van der Waals surface area contributed by atoms with Crippen LogP contribution in [0, 0.1) is 0 Å². The molecule has 2 heterocycles. The monoisotopic (exact) mass is 414 g/mol. The molecule has 0 unspecified atom stereocenters. The third kappa shape index (κ3) is 3.16. The molecule has 2 N–H and O–H groups in total. The average Bonchev–Trinajstić information content (AvgIpc) is 3.09. The molecule has 5 aromatic rings. The molecular formula is C24H15ClN2OS. The highest BCUT2D eigenvalue weighted by Crippen LogP contribution is 2.36. The lowest BCUT2D eigenvalue weighted by molar-refractivity contribution is 0.104. The first-order chi connectivity index (χ1) is 14.1. The normalized spacial score (nSPS) is 11.2. The number of carbonyl (C=O) groups is 1. The van der Waals surface area contributed by atoms with E-state index in [-0.39, 0.29) is 5.78 Å². The van der Waals surface area contributed by atoms with Crippen molar-refractivity contribution in [2.45, 2.75) is 0 Å². The fourth-order valence-electron chi connectivity index (χ4n) is 3.41. The molecule has 2 aromatic heterocycles. The van der Waals surface area contributed by atoms with Gasteiger partial charge in [-0.25, -0.2) is 4.98 Å². The van der Waals surface area contributed by atoms with Gasteiger partial charge in [-0.3, -0.25) is 4.79 Å². The third-order valence-electron chi connectivity index (χ3n) is 4.95. The second kappa shape index (κ2) is 6.99. The molecule has 0 aliphatic heterocycles. The molecule has 29 heavy (non-hydrogen) atoms. The molecule has 0 saturated heterocycles. The summed E-state index contributed by atoms with van der Waals surface area (Å²) in [6.45, 7) is 0. The van der Waals surface area contributed by atoms with E-state index in [0.717, 1.165) is 32.2 Å². The zero-order chi connectivity index (χ0) is 20.0. The topological polar surface area (TPSA) is 56.0 Å². The number of anilines is 1. The number of fused-ring (bicyclic) bond motifs is 2. The zero-order valence-electron chi connectivity index (χ0n) is 15.2. The summed E-state index contributed by atoms with van der Waals surface area (Å²) >= 11 is 7.31. The van der Waals surface area contributed by atoms with E-state index in [1.54, 1.807) is 0 Å². The Bertz CT molecular complexity index is 1390. The number of benzene rings is 3. The fraction of sp³-hybridized carbons (Fsp3) is 0. The molecule has 0 amide bonds. The van der Waals surface area contributed by atoms with E-state index in [0.29, 0.717) is 21.2 Å². The van der Waals surface area contributed by atoms with Crippen molar-refractivity contribution < 1.29 is 4.79 Å². The average molecular weight is 415 g/mol. The Labute approximate surface area is 176 Å². The van der Waals surface area contributed by atoms with Crippen LogP contribution < -0.4 is 5.73 Å². The van der Waals surface area contributed by atoms with Crippen molar-refractivity contribution in [3.8, 4) is 11.3 Å². The molecule has 0 saturated carbocycles. The van der Waals surface area contributed by atoms with E-state index in [1.165, 1.54) is 11.3 Å². The fourth-order valence-corrected chi connectivity index (χ4v) is 4.59. The number of aromatic nitrogens is 1. The SMILES string of the molecule is Nc1c(C(=O)c2ccc3ccccc3c2)sc2nc(-c3ccc(Cl)cc3)ccc12. The van der Waals surface area contributed by atoms with E-state index in [1.807, 2.05) is 78.9 Å². The largest absolute Gasteiger partial charge is 0.397 e. The Morgan fingerprint density at radius 1 is 0.897 bits per heavy atom. The summed E-state index contributed by atoms with van der Waals surface area (Å²) in [6.07, 6.45) is 0. The summed E-state index contributed by atoms with van der Waals surface area (Å²) in [6, 6.07) is 25.1. The van der Waals surface area contributed by atoms with Crippen molar-refractivity contribution in [2.24, 2.45) is 0 Å². The van der Waals surface area contributed by atoms with Crippen molar-refractivity contribution in [1.82, 2.24) is 4.98 Å². The summed E-state index contributed by atoms with van der Waals surface area (Å²) in [5.41, 5.74) is 9.22. The number of hydrogen-bond acceptors (Lipinski definition) is 4. The number of nitrogen functional groups attached to an aromatic ring is 1. The summed E-state index contributed by atoms with van der Waals surface area (Å²) in [7, 11) is 0. The first kappa shape index (κ1) is 17.9. The van der Waals surface area contributed by atoms with Gasteiger partial charge in [0.05, 0.1) is 11.4 Å². The van der Waals surface area contributed by atoms with Gasteiger partial charge in [-0.05, 0) is 41.1 Å². The van der Waals surface area contributed by atoms with Gasteiger partial charge in [0.25, 0.3) is 0 Å². The summed E-state index contributed by atoms with van der Waals surface area (Å²) < 4.78 is 0. The number of rotatable bonds is 3. The summed E-state index contributed by atoms with van der Waals surface area (Å²) in [5, 5.41) is 3.61. The summed E-state index contributed by atoms with van der Waals surface area (Å²) in [4.78, 5) is 19.2. The van der Waals surface area contributed by atoms with E-state index in [4.69, 9.17) is 22.3 Å². The lowest BCUT2D eigenvalue weighted by Crippen LogP contribution is -2.01. The van der Waals surface area contributed by atoms with Crippen LogP contribution in [0.2, 0.25) is 5.02 Å². The van der Waals surface area contributed by atoms with Crippen LogP contribution in [0.5, 0.6) is 0 Å². The highest BCUT2D eigenvalue weighted by molar-refractivity contribution is 7.21. The van der Waals surface area contributed by atoms with E-state index in [2.05, 4.69) is 0 Å². The Kier molecular flexibility index (Phi) is 4.31. The predicted molar refractivity (Wildman–Crippen MR) is 122 cm³/mol. The van der Waals surface area contributed by atoms with Crippen LogP contribution >= 0.6 is 22.9 Å². The Morgan fingerprint density at radius 3 is 2.45 bits per heavy atom. The van der Waals surface area contributed by atoms with Gasteiger partial charge in [0.1, 0.15) is 9.71 Å². The van der Waals surface area contributed by atoms with E-state index < -0.39 is 0 Å². The number of nitrogens with two attached hydrogens (primary N) is 1. The van der Waals surface area contributed by atoms with Gasteiger partial charge in [0.15, 0.2) is 0 Å². The lowest BCUT2D eigenvalue weighted by Gasteiger charge is -2.03. The minimum Gasteiger partial charge on any atom is -0.397 e. The Hall–Kier alpha value is -3.21. The van der Waals surface area contributed by atoms with Crippen LogP contribution in [0.3, 0.4) is 0 Å². The maximum absolute atomic E-state index is 13.2. The quantitative estimate of drug-likeness (QED) is 0.339. The molecule has 0 radical (unpaired) electrons. The van der Waals surface area contributed by atoms with E-state index in [9.17, 15) is 4.79 Å². The molecule has 0 spiro atoms. The van der Waals surface area contributed by atoms with Gasteiger partial charge in [0.2, 0.25) is 5.78 Å². The first-order valence-electron chi connectivity index (χ1n) is 9.08. The maximum Gasteiger partial charge on any atom is 0.205 e. The van der Waals surface area contributed by atoms with Gasteiger partial charge in [-0.1, -0.05) is 60.1 Å². The first-order valence-corrected chi connectivity index (χ1v) is 10.3. The zero-order valence-corrected chi connectivity index (χ0v) is 16.8. The van der Waals surface area contributed by atoms with Crippen molar-refractivity contribution in [3.63, 3.8) is 0 Å². The molecule has 0 aliphatic carbocycles. The van der Waals surface area contributed by atoms with Crippen LogP contribution in [0.15, 0.2) is 78.9 Å². The van der Waals surface area contributed by atoms with Crippen molar-refractivity contribution in [3.05, 3.63) is 94.3 Å². The number of nitrogens with zero attached hydrogens (tertiary/aromatic N) is 1. The van der Waals surface area contributed by atoms with Gasteiger partial charge < -0.3 is 5.73 Å². The van der Waals surface area contributed by atoms with Gasteiger partial charge >= 0.3 is 0 Å². The molecule has 0 fully saturated rings. The van der Waals surface area contributed by atoms with Crippen LogP contribution in [0.25, 0.3) is 32.2 Å². The minimum absolute atomic E-state index is 0.0794. The molecule has 5 rings (SSSR count). The Morgan fingerprint density at radius 2 is 1.66 bits per heavy atom. The number of hydrogen-bond donors (Lipinski definition) is 1. The molecule has 3 nitrogen and oxygen atoms in total.